The number of carbonyl (C=O) groups is 1. The lowest BCUT2D eigenvalue weighted by atomic mass is 10.2. The molecule has 3 aromatic heterocycles. The van der Waals surface area contributed by atoms with Crippen molar-refractivity contribution in [1.82, 2.24) is 19.7 Å². The smallest absolute Gasteiger partial charge is 0.170 e. The monoisotopic (exact) mass is 453 g/mol. The van der Waals surface area contributed by atoms with Crippen LogP contribution in [0.25, 0.3) is 16.6 Å². The summed E-state index contributed by atoms with van der Waals surface area (Å²) in [5.41, 5.74) is 2.79. The van der Waals surface area contributed by atoms with Crippen molar-refractivity contribution < 1.29 is 14.3 Å². The highest BCUT2D eigenvalue weighted by atomic mass is 19.1. The first-order valence-corrected chi connectivity index (χ1v) is 10.3. The molecule has 8 heteroatoms. The van der Waals surface area contributed by atoms with Crippen molar-refractivity contribution >= 4 is 28.7 Å². The van der Waals surface area contributed by atoms with E-state index in [-0.39, 0.29) is 18.8 Å². The topological polar surface area (TPSA) is 92.9 Å². The Morgan fingerprint density at radius 1 is 1.09 bits per heavy atom. The minimum atomic E-state index is -0.454. The molecule has 0 aliphatic carbocycles. The summed E-state index contributed by atoms with van der Waals surface area (Å²) in [6, 6.07) is 11.8. The van der Waals surface area contributed by atoms with E-state index in [9.17, 15) is 9.18 Å². The van der Waals surface area contributed by atoms with E-state index < -0.39 is 5.82 Å². The van der Waals surface area contributed by atoms with Gasteiger partial charge in [-0.05, 0) is 37.3 Å². The Bertz CT molecular complexity index is 1160. The zero-order chi connectivity index (χ0) is 23.5. The van der Waals surface area contributed by atoms with Gasteiger partial charge in [0, 0.05) is 42.7 Å². The number of hydrogen-bond donors (Lipinski definition) is 2. The predicted octanol–water partition coefficient (Wildman–Crippen LogP) is 5.87. The molecule has 0 atom stereocenters. The highest BCUT2D eigenvalue weighted by Crippen LogP contribution is 2.23. The predicted molar refractivity (Wildman–Crippen MR) is 132 cm³/mol. The molecule has 0 saturated carbocycles. The summed E-state index contributed by atoms with van der Waals surface area (Å²) in [4.78, 5) is 19.5. The van der Waals surface area contributed by atoms with Gasteiger partial charge in [0.15, 0.2) is 6.29 Å². The molecule has 3 heterocycles. The molecule has 2 N–H and O–H groups in total. The number of aryl methyl sites for hydroxylation is 1. The molecule has 0 amide bonds. The van der Waals surface area contributed by atoms with Gasteiger partial charge in [-0.25, -0.2) is 14.1 Å². The summed E-state index contributed by atoms with van der Waals surface area (Å²) in [6.45, 7) is 6.27. The summed E-state index contributed by atoms with van der Waals surface area (Å²) < 4.78 is 15.9. The minimum Gasteiger partial charge on any atom is -0.400 e. The number of unbranched alkanes of at least 4 members (excludes halogenated alkanes) is 1. The Morgan fingerprint density at radius 3 is 2.42 bits per heavy atom. The summed E-state index contributed by atoms with van der Waals surface area (Å²) >= 11 is 0. The van der Waals surface area contributed by atoms with Crippen LogP contribution in [0.1, 0.15) is 50.3 Å². The fraction of sp³-hybridized carbons (Fsp3) is 0.280. The molecule has 1 aromatic carbocycles. The molecule has 0 saturated heterocycles. The summed E-state index contributed by atoms with van der Waals surface area (Å²) in [5, 5.41) is 14.9. The van der Waals surface area contributed by atoms with E-state index in [2.05, 4.69) is 34.2 Å². The Morgan fingerprint density at radius 2 is 1.82 bits per heavy atom. The number of nitrogens with one attached hydrogen (secondary N) is 1. The van der Waals surface area contributed by atoms with Crippen molar-refractivity contribution in [3.63, 3.8) is 0 Å². The number of benzene rings is 1. The van der Waals surface area contributed by atoms with Crippen LogP contribution in [-0.4, -0.2) is 38.3 Å². The third kappa shape index (κ3) is 7.47. The maximum absolute atomic E-state index is 14.5. The molecular weight excluding hydrogens is 421 g/mol. The molecule has 0 spiro atoms. The van der Waals surface area contributed by atoms with Gasteiger partial charge in [0.2, 0.25) is 0 Å². The third-order valence-electron chi connectivity index (χ3n) is 4.42. The maximum atomic E-state index is 14.5. The van der Waals surface area contributed by atoms with E-state index in [0.717, 1.165) is 23.7 Å². The highest BCUT2D eigenvalue weighted by molar-refractivity contribution is 5.81. The Balaban J connectivity index is 0.000000706. The first-order valence-electron chi connectivity index (χ1n) is 10.3. The molecule has 7 nitrogen and oxygen atoms in total. The zero-order valence-corrected chi connectivity index (χ0v) is 18.7. The van der Waals surface area contributed by atoms with Crippen LogP contribution in [0.2, 0.25) is 0 Å². The molecule has 0 fully saturated rings. The third-order valence-corrected chi connectivity index (χ3v) is 4.42. The normalized spacial score (nSPS) is 9.64. The van der Waals surface area contributed by atoms with E-state index in [1.165, 1.54) is 23.6 Å². The van der Waals surface area contributed by atoms with Crippen LogP contribution in [-0.2, 0) is 0 Å². The number of aromatic nitrogens is 4. The van der Waals surface area contributed by atoms with Gasteiger partial charge >= 0.3 is 0 Å². The molecule has 4 aromatic rings. The summed E-state index contributed by atoms with van der Waals surface area (Å²) in [7, 11) is 1.00. The molecule has 0 bridgehead atoms. The first kappa shape index (κ1) is 27.4. The average molecular weight is 454 g/mol. The van der Waals surface area contributed by atoms with Gasteiger partial charge in [-0.3, -0.25) is 9.78 Å². The van der Waals surface area contributed by atoms with Gasteiger partial charge in [0.05, 0.1) is 16.9 Å². The largest absolute Gasteiger partial charge is 0.400 e. The quantitative estimate of drug-likeness (QED) is 0.367. The van der Waals surface area contributed by atoms with Crippen molar-refractivity contribution in [3.8, 4) is 5.69 Å². The molecule has 0 unspecified atom stereocenters. The van der Waals surface area contributed by atoms with Gasteiger partial charge < -0.3 is 10.4 Å². The second kappa shape index (κ2) is 13.7. The van der Waals surface area contributed by atoms with E-state index in [4.69, 9.17) is 5.11 Å². The van der Waals surface area contributed by atoms with E-state index in [1.54, 1.807) is 36.7 Å². The van der Waals surface area contributed by atoms with Crippen molar-refractivity contribution in [2.24, 2.45) is 0 Å². The number of aliphatic hydroxyl groups excluding tert-OH is 1. The number of aldehydes is 1. The van der Waals surface area contributed by atoms with Crippen molar-refractivity contribution in [3.05, 3.63) is 72.1 Å². The Kier molecular flexibility index (Phi) is 11.4. The SMILES string of the molecule is C.CCCC.CO.Cc1ccc2cnc(Nc3ccc(-n4ccc(C=O)n4)cc3F)cc2n1. The van der Waals surface area contributed by atoms with Gasteiger partial charge in [-0.1, -0.05) is 34.1 Å². The van der Waals surface area contributed by atoms with Crippen LogP contribution in [0, 0.1) is 12.7 Å². The molecule has 0 radical (unpaired) electrons. The lowest BCUT2D eigenvalue weighted by molar-refractivity contribution is 0.111. The standard InChI is InChI=1S/C19H14FN5O.C4H10.CH4O.CH4/c1-12-2-3-13-10-21-19(9-18(13)22-12)23-17-5-4-15(8-16(17)20)25-7-6-14(11-26)24-25;1-3-4-2;1-2;/h2-11H,1H3,(H,21,23);3-4H2,1-2H3;2H,1H3;1H4. The second-order valence-electron chi connectivity index (χ2n) is 6.81. The second-order valence-corrected chi connectivity index (χ2v) is 6.81. The van der Waals surface area contributed by atoms with Crippen LogP contribution in [0.4, 0.5) is 15.9 Å². The maximum Gasteiger partial charge on any atom is 0.170 e. The molecule has 176 valence electrons. The van der Waals surface area contributed by atoms with Crippen LogP contribution in [0.3, 0.4) is 0 Å². The van der Waals surface area contributed by atoms with Crippen molar-refractivity contribution in [1.29, 1.82) is 0 Å². The minimum absolute atomic E-state index is 0. The van der Waals surface area contributed by atoms with Crippen molar-refractivity contribution in [2.45, 2.75) is 41.0 Å². The Labute approximate surface area is 194 Å². The molecule has 0 aliphatic rings. The van der Waals surface area contributed by atoms with Crippen LogP contribution in [0.15, 0.2) is 54.9 Å². The van der Waals surface area contributed by atoms with Gasteiger partial charge in [0.25, 0.3) is 0 Å². The first-order chi connectivity index (χ1) is 15.5. The number of fused-ring (bicyclic) bond motifs is 1. The molecular formula is C25H32FN5O2. The number of aliphatic hydroxyl groups is 1. The number of nitrogens with zero attached hydrogens (tertiary/aromatic N) is 4. The van der Waals surface area contributed by atoms with E-state index in [0.29, 0.717) is 17.8 Å². The number of halogens is 1. The van der Waals surface area contributed by atoms with E-state index in [1.807, 2.05) is 19.1 Å². The van der Waals surface area contributed by atoms with Crippen LogP contribution < -0.4 is 5.32 Å². The Hall–Kier alpha value is -3.65. The zero-order valence-electron chi connectivity index (χ0n) is 18.7. The van der Waals surface area contributed by atoms with E-state index >= 15 is 0 Å². The fourth-order valence-corrected chi connectivity index (χ4v) is 2.62. The molecule has 33 heavy (non-hydrogen) atoms. The summed E-state index contributed by atoms with van der Waals surface area (Å²) in [6.07, 6.45) is 6.58. The fourth-order valence-electron chi connectivity index (χ4n) is 2.62. The molecule has 4 rings (SSSR count). The highest BCUT2D eigenvalue weighted by Gasteiger charge is 2.08. The van der Waals surface area contributed by atoms with Crippen molar-refractivity contribution in [2.75, 3.05) is 12.4 Å². The van der Waals surface area contributed by atoms with Gasteiger partial charge in [0.1, 0.15) is 17.3 Å². The lowest BCUT2D eigenvalue weighted by Crippen LogP contribution is -2.00. The number of rotatable bonds is 5. The number of hydrogen-bond acceptors (Lipinski definition) is 6. The van der Waals surface area contributed by atoms with Gasteiger partial charge in [-0.15, -0.1) is 0 Å². The number of anilines is 2. The average Bonchev–Trinajstić information content (AvgIpc) is 3.31. The van der Waals surface area contributed by atoms with Crippen LogP contribution in [0.5, 0.6) is 0 Å². The molecule has 0 aliphatic heterocycles. The van der Waals surface area contributed by atoms with Gasteiger partial charge in [-0.2, -0.15) is 5.10 Å². The van der Waals surface area contributed by atoms with Crippen LogP contribution >= 0.6 is 0 Å². The number of carbonyl (C=O) groups excluding carboxylic acids is 1. The number of pyridine rings is 2. The lowest BCUT2D eigenvalue weighted by Gasteiger charge is -2.09. The summed E-state index contributed by atoms with van der Waals surface area (Å²) in [5.74, 6) is 0.0503.